The first-order chi connectivity index (χ1) is 18.1. The summed E-state index contributed by atoms with van der Waals surface area (Å²) in [6.07, 6.45) is -3.68. The molecule has 1 amide bonds. The lowest BCUT2D eigenvalue weighted by Crippen LogP contribution is -2.52. The summed E-state index contributed by atoms with van der Waals surface area (Å²) in [5.41, 5.74) is -1.41. The van der Waals surface area contributed by atoms with Gasteiger partial charge in [-0.2, -0.15) is 18.3 Å². The van der Waals surface area contributed by atoms with Crippen LogP contribution in [0.4, 0.5) is 29.3 Å². The number of anilines is 2. The fraction of sp³-hybridized carbons (Fsp3) is 0.458. The van der Waals surface area contributed by atoms with Gasteiger partial charge in [0, 0.05) is 51.7 Å². The minimum Gasteiger partial charge on any atom is -0.371 e. The number of rotatable bonds is 4. The molecule has 0 saturated carbocycles. The lowest BCUT2D eigenvalue weighted by molar-refractivity contribution is -0.138. The first-order valence-corrected chi connectivity index (χ1v) is 12.1. The number of halogens is 4. The number of hydrogen-bond acceptors (Lipinski definition) is 8. The van der Waals surface area contributed by atoms with Crippen LogP contribution < -0.4 is 15.4 Å². The Hall–Kier alpha value is -3.81. The molecule has 202 valence electrons. The van der Waals surface area contributed by atoms with Gasteiger partial charge in [0.2, 0.25) is 11.9 Å². The Balaban J connectivity index is 1.22. The molecular weight excluding hydrogens is 510 g/mol. The van der Waals surface area contributed by atoms with Gasteiger partial charge in [0.15, 0.2) is 5.82 Å². The van der Waals surface area contributed by atoms with E-state index in [4.69, 9.17) is 4.74 Å². The fourth-order valence-corrected chi connectivity index (χ4v) is 4.83. The minimum atomic E-state index is -4.51. The summed E-state index contributed by atoms with van der Waals surface area (Å²) in [6.45, 7) is 3.97. The van der Waals surface area contributed by atoms with Gasteiger partial charge < -0.3 is 19.4 Å². The van der Waals surface area contributed by atoms with Crippen molar-refractivity contribution in [3.05, 3.63) is 52.3 Å². The van der Waals surface area contributed by atoms with Gasteiger partial charge in [-0.15, -0.1) is 0 Å². The average molecular weight is 536 g/mol. The number of hydrogen-bond donors (Lipinski definition) is 1. The predicted octanol–water partition coefficient (Wildman–Crippen LogP) is 2.20. The second kappa shape index (κ2) is 10.2. The first kappa shape index (κ1) is 25.8. The minimum absolute atomic E-state index is 0.0847. The van der Waals surface area contributed by atoms with Crippen LogP contribution in [0, 0.1) is 5.82 Å². The van der Waals surface area contributed by atoms with Crippen molar-refractivity contribution in [3.63, 3.8) is 0 Å². The Kier molecular flexibility index (Phi) is 6.90. The van der Waals surface area contributed by atoms with E-state index in [1.165, 1.54) is 18.2 Å². The van der Waals surface area contributed by atoms with Crippen molar-refractivity contribution in [1.82, 2.24) is 25.1 Å². The van der Waals surface area contributed by atoms with Gasteiger partial charge in [-0.3, -0.25) is 9.59 Å². The van der Waals surface area contributed by atoms with E-state index in [1.807, 2.05) is 11.8 Å². The van der Waals surface area contributed by atoms with Crippen LogP contribution in [0.3, 0.4) is 0 Å². The number of amides is 1. The Morgan fingerprint density at radius 1 is 1.11 bits per heavy atom. The highest BCUT2D eigenvalue weighted by Gasteiger charge is 2.33. The number of H-pyrrole nitrogens is 1. The van der Waals surface area contributed by atoms with Crippen molar-refractivity contribution in [1.29, 1.82) is 0 Å². The van der Waals surface area contributed by atoms with Gasteiger partial charge in [-0.1, -0.05) is 6.07 Å². The normalized spacial score (nSPS) is 20.7. The van der Waals surface area contributed by atoms with Crippen molar-refractivity contribution in [3.8, 4) is 0 Å². The van der Waals surface area contributed by atoms with E-state index in [-0.39, 0.29) is 47.5 Å². The number of aromatic amines is 1. The Bertz CT molecular complexity index is 1370. The van der Waals surface area contributed by atoms with Gasteiger partial charge >= 0.3 is 6.18 Å². The van der Waals surface area contributed by atoms with Crippen LogP contribution in [-0.4, -0.2) is 82.4 Å². The maximum Gasteiger partial charge on any atom is 0.419 e. The van der Waals surface area contributed by atoms with Crippen LogP contribution in [-0.2, 0) is 15.7 Å². The predicted molar refractivity (Wildman–Crippen MR) is 129 cm³/mol. The third-order valence-electron chi connectivity index (χ3n) is 6.65. The number of morpholine rings is 1. The second-order valence-electron chi connectivity index (χ2n) is 9.35. The molecule has 1 aromatic carbocycles. The summed E-state index contributed by atoms with van der Waals surface area (Å²) in [5, 5.41) is 6.83. The SMILES string of the molecule is CC1CN(c2n[nH]c(=O)c3cccc(F)c23)CC(CC(=O)N2CCN(c3ncc(C(F)(F)F)cn3)CC2)O1. The third-order valence-corrected chi connectivity index (χ3v) is 6.65. The van der Waals surface area contributed by atoms with Crippen LogP contribution >= 0.6 is 0 Å². The zero-order valence-corrected chi connectivity index (χ0v) is 20.4. The molecular formula is C24H25F4N7O3. The number of piperazine rings is 1. The Morgan fingerprint density at radius 3 is 2.50 bits per heavy atom. The molecule has 2 aliphatic rings. The van der Waals surface area contributed by atoms with E-state index in [1.54, 1.807) is 9.80 Å². The number of carbonyl (C=O) groups is 1. The summed E-state index contributed by atoms with van der Waals surface area (Å²) in [5.74, 6) is -0.228. The smallest absolute Gasteiger partial charge is 0.371 e. The number of aromatic nitrogens is 4. The van der Waals surface area contributed by atoms with Gasteiger partial charge in [0.25, 0.3) is 5.56 Å². The van der Waals surface area contributed by atoms with E-state index >= 15 is 0 Å². The first-order valence-electron chi connectivity index (χ1n) is 12.1. The zero-order valence-electron chi connectivity index (χ0n) is 20.4. The quantitative estimate of drug-likeness (QED) is 0.507. The number of nitrogens with zero attached hydrogens (tertiary/aromatic N) is 6. The lowest BCUT2D eigenvalue weighted by atomic mass is 10.1. The zero-order chi connectivity index (χ0) is 27.0. The molecule has 38 heavy (non-hydrogen) atoms. The summed E-state index contributed by atoms with van der Waals surface area (Å²) in [4.78, 5) is 38.1. The molecule has 2 atom stereocenters. The number of fused-ring (bicyclic) bond motifs is 1. The molecule has 0 spiro atoms. The van der Waals surface area contributed by atoms with Crippen molar-refractivity contribution in [2.24, 2.45) is 0 Å². The summed E-state index contributed by atoms with van der Waals surface area (Å²) in [7, 11) is 0. The van der Waals surface area contributed by atoms with Crippen molar-refractivity contribution in [2.75, 3.05) is 49.1 Å². The monoisotopic (exact) mass is 535 g/mol. The Labute approximate surface area is 214 Å². The largest absolute Gasteiger partial charge is 0.419 e. The van der Waals surface area contributed by atoms with Crippen LogP contribution in [0.1, 0.15) is 18.9 Å². The topological polar surface area (TPSA) is 108 Å². The highest BCUT2D eigenvalue weighted by atomic mass is 19.4. The molecule has 1 N–H and O–H groups in total. The molecule has 2 saturated heterocycles. The van der Waals surface area contributed by atoms with Crippen LogP contribution in [0.2, 0.25) is 0 Å². The van der Waals surface area contributed by atoms with Crippen molar-refractivity contribution in [2.45, 2.75) is 31.7 Å². The molecule has 2 aliphatic heterocycles. The molecule has 0 aliphatic carbocycles. The highest BCUT2D eigenvalue weighted by Crippen LogP contribution is 2.29. The van der Waals surface area contributed by atoms with Crippen molar-refractivity contribution < 1.29 is 27.1 Å². The van der Waals surface area contributed by atoms with E-state index in [0.717, 1.165) is 12.4 Å². The highest BCUT2D eigenvalue weighted by molar-refractivity contribution is 5.92. The molecule has 0 radical (unpaired) electrons. The van der Waals surface area contributed by atoms with Gasteiger partial charge in [0.05, 0.1) is 35.0 Å². The van der Waals surface area contributed by atoms with Crippen LogP contribution in [0.15, 0.2) is 35.4 Å². The maximum absolute atomic E-state index is 14.7. The van der Waals surface area contributed by atoms with Gasteiger partial charge in [-0.25, -0.2) is 19.5 Å². The lowest BCUT2D eigenvalue weighted by Gasteiger charge is -2.39. The van der Waals surface area contributed by atoms with E-state index in [0.29, 0.717) is 32.7 Å². The van der Waals surface area contributed by atoms with Crippen LogP contribution in [0.25, 0.3) is 10.8 Å². The molecule has 10 nitrogen and oxygen atoms in total. The standard InChI is InChI=1S/C24H25F4N7O3/c1-14-12-35(21-20-17(22(37)32-31-21)3-2-4-18(20)25)13-16(38-14)9-19(36)33-5-7-34(8-6-33)23-29-10-15(11-30-23)24(26,27)28/h2-4,10-11,14,16H,5-9,12-13H2,1H3,(H,32,37). The number of alkyl halides is 3. The van der Waals surface area contributed by atoms with E-state index in [2.05, 4.69) is 20.2 Å². The van der Waals surface area contributed by atoms with Gasteiger partial charge in [-0.05, 0) is 19.1 Å². The number of carbonyl (C=O) groups excluding carboxylic acids is 1. The fourth-order valence-electron chi connectivity index (χ4n) is 4.83. The number of benzene rings is 1. The molecule has 3 aromatic rings. The molecule has 2 aromatic heterocycles. The number of nitrogens with one attached hydrogen (secondary N) is 1. The van der Waals surface area contributed by atoms with Crippen molar-refractivity contribution >= 4 is 28.4 Å². The Morgan fingerprint density at radius 2 is 1.82 bits per heavy atom. The third kappa shape index (κ3) is 5.26. The second-order valence-corrected chi connectivity index (χ2v) is 9.35. The van der Waals surface area contributed by atoms with Crippen LogP contribution in [0.5, 0.6) is 0 Å². The molecule has 2 unspecified atom stereocenters. The molecule has 4 heterocycles. The number of ether oxygens (including phenoxy) is 1. The summed E-state index contributed by atoms with van der Waals surface area (Å²) in [6, 6.07) is 4.26. The van der Waals surface area contributed by atoms with E-state index in [9.17, 15) is 27.2 Å². The molecule has 14 heteroatoms. The summed E-state index contributed by atoms with van der Waals surface area (Å²) >= 11 is 0. The molecule has 0 bridgehead atoms. The molecule has 2 fully saturated rings. The maximum atomic E-state index is 14.7. The summed E-state index contributed by atoms with van der Waals surface area (Å²) < 4.78 is 58.9. The average Bonchev–Trinajstić information content (AvgIpc) is 2.89. The van der Waals surface area contributed by atoms with E-state index < -0.39 is 29.2 Å². The molecule has 5 rings (SSSR count). The van der Waals surface area contributed by atoms with Gasteiger partial charge in [0.1, 0.15) is 5.82 Å².